The van der Waals surface area contributed by atoms with Gasteiger partial charge in [-0.2, -0.15) is 0 Å². The van der Waals surface area contributed by atoms with Gasteiger partial charge in [-0.1, -0.05) is 15.9 Å². The molecule has 0 heterocycles. The van der Waals surface area contributed by atoms with Crippen LogP contribution < -0.4 is 0 Å². The van der Waals surface area contributed by atoms with Gasteiger partial charge in [-0.05, 0) is 24.3 Å². The SMILES string of the molecule is Cl.O=C(O)c1ccc(Br)cc1. The van der Waals surface area contributed by atoms with Crippen molar-refractivity contribution in [2.75, 3.05) is 0 Å². The normalized spacial score (nSPS) is 8.45. The minimum Gasteiger partial charge on any atom is -0.478 e. The molecule has 1 N–H and O–H groups in total. The maximum Gasteiger partial charge on any atom is 0.335 e. The standard InChI is InChI=1S/C7H5BrO2.ClH/c8-6-3-1-5(2-4-6)7(9)10;/h1-4H,(H,9,10);1H. The van der Waals surface area contributed by atoms with Gasteiger partial charge < -0.3 is 5.11 Å². The van der Waals surface area contributed by atoms with E-state index in [2.05, 4.69) is 15.9 Å². The quantitative estimate of drug-likeness (QED) is 0.815. The number of benzene rings is 1. The van der Waals surface area contributed by atoms with Crippen molar-refractivity contribution in [3.05, 3.63) is 34.3 Å². The Kier molecular flexibility index (Phi) is 4.15. The van der Waals surface area contributed by atoms with Crippen LogP contribution in [-0.2, 0) is 0 Å². The van der Waals surface area contributed by atoms with Gasteiger partial charge in [0.2, 0.25) is 0 Å². The molecule has 0 amide bonds. The molecule has 0 saturated heterocycles. The van der Waals surface area contributed by atoms with Crippen molar-refractivity contribution in [2.45, 2.75) is 0 Å². The highest BCUT2D eigenvalue weighted by Crippen LogP contribution is 2.09. The lowest BCUT2D eigenvalue weighted by Gasteiger charge is -1.91. The summed E-state index contributed by atoms with van der Waals surface area (Å²) >= 11 is 3.20. The number of aromatic carboxylic acids is 1. The number of rotatable bonds is 1. The summed E-state index contributed by atoms with van der Waals surface area (Å²) in [6.07, 6.45) is 0. The smallest absolute Gasteiger partial charge is 0.335 e. The summed E-state index contributed by atoms with van der Waals surface area (Å²) in [4.78, 5) is 10.3. The van der Waals surface area contributed by atoms with E-state index in [-0.39, 0.29) is 12.4 Å². The second-order valence-electron chi connectivity index (χ2n) is 1.81. The molecule has 1 aromatic rings. The van der Waals surface area contributed by atoms with E-state index in [1.54, 1.807) is 24.3 Å². The lowest BCUT2D eigenvalue weighted by Crippen LogP contribution is -1.94. The van der Waals surface area contributed by atoms with Crippen LogP contribution in [0.5, 0.6) is 0 Å². The largest absolute Gasteiger partial charge is 0.478 e. The van der Waals surface area contributed by atoms with E-state index in [1.807, 2.05) is 0 Å². The molecule has 11 heavy (non-hydrogen) atoms. The zero-order valence-corrected chi connectivity index (χ0v) is 7.85. The van der Waals surface area contributed by atoms with Gasteiger partial charge in [-0.15, -0.1) is 12.4 Å². The minimum atomic E-state index is -0.896. The van der Waals surface area contributed by atoms with Crippen LogP contribution in [0.2, 0.25) is 0 Å². The molecule has 0 atom stereocenters. The molecule has 0 aliphatic carbocycles. The highest BCUT2D eigenvalue weighted by atomic mass is 79.9. The van der Waals surface area contributed by atoms with E-state index in [0.29, 0.717) is 5.56 Å². The van der Waals surface area contributed by atoms with E-state index in [1.165, 1.54) is 0 Å². The van der Waals surface area contributed by atoms with Crippen molar-refractivity contribution in [3.63, 3.8) is 0 Å². The first kappa shape index (κ1) is 10.5. The Morgan fingerprint density at radius 2 is 1.73 bits per heavy atom. The third kappa shape index (κ3) is 2.91. The number of carboxylic acids is 1. The maximum atomic E-state index is 10.3. The molecule has 0 aromatic heterocycles. The summed E-state index contributed by atoms with van der Waals surface area (Å²) in [5, 5.41) is 8.46. The summed E-state index contributed by atoms with van der Waals surface area (Å²) in [7, 11) is 0. The molecular weight excluding hydrogens is 231 g/mol. The number of halogens is 2. The van der Waals surface area contributed by atoms with Crippen LogP contribution in [0, 0.1) is 0 Å². The number of carboxylic acid groups (broad SMARTS) is 1. The fourth-order valence-electron chi connectivity index (χ4n) is 0.592. The topological polar surface area (TPSA) is 37.3 Å². The molecule has 1 rings (SSSR count). The summed E-state index contributed by atoms with van der Waals surface area (Å²) in [6.45, 7) is 0. The predicted octanol–water partition coefficient (Wildman–Crippen LogP) is 2.57. The summed E-state index contributed by atoms with van der Waals surface area (Å²) in [5.74, 6) is -0.896. The van der Waals surface area contributed by atoms with Gasteiger partial charge in [0.1, 0.15) is 0 Å². The van der Waals surface area contributed by atoms with Crippen LogP contribution in [0.3, 0.4) is 0 Å². The third-order valence-corrected chi connectivity index (χ3v) is 1.62. The summed E-state index contributed by atoms with van der Waals surface area (Å²) < 4.78 is 0.887. The molecule has 2 nitrogen and oxygen atoms in total. The zero-order chi connectivity index (χ0) is 7.56. The Morgan fingerprint density at radius 3 is 2.09 bits per heavy atom. The molecule has 0 bridgehead atoms. The first-order valence-corrected chi connectivity index (χ1v) is 3.48. The maximum absolute atomic E-state index is 10.3. The van der Waals surface area contributed by atoms with Crippen LogP contribution in [0.15, 0.2) is 28.7 Å². The average molecular weight is 237 g/mol. The van der Waals surface area contributed by atoms with Gasteiger partial charge in [0.25, 0.3) is 0 Å². The van der Waals surface area contributed by atoms with Crippen molar-refractivity contribution in [1.82, 2.24) is 0 Å². The van der Waals surface area contributed by atoms with Gasteiger partial charge in [-0.25, -0.2) is 4.79 Å². The highest BCUT2D eigenvalue weighted by Gasteiger charge is 1.98. The van der Waals surface area contributed by atoms with E-state index >= 15 is 0 Å². The average Bonchev–Trinajstić information content (AvgIpc) is 1.88. The van der Waals surface area contributed by atoms with Gasteiger partial charge in [0.05, 0.1) is 5.56 Å². The van der Waals surface area contributed by atoms with Crippen LogP contribution in [0.25, 0.3) is 0 Å². The second kappa shape index (κ2) is 4.36. The van der Waals surface area contributed by atoms with Crippen LogP contribution in [0.1, 0.15) is 10.4 Å². The fraction of sp³-hybridized carbons (Fsp3) is 0. The highest BCUT2D eigenvalue weighted by molar-refractivity contribution is 9.10. The predicted molar refractivity (Wildman–Crippen MR) is 48.3 cm³/mol. The lowest BCUT2D eigenvalue weighted by molar-refractivity contribution is 0.0697. The van der Waals surface area contributed by atoms with E-state index in [9.17, 15) is 4.79 Å². The van der Waals surface area contributed by atoms with Crippen molar-refractivity contribution in [2.24, 2.45) is 0 Å². The van der Waals surface area contributed by atoms with E-state index in [0.717, 1.165) is 4.47 Å². The number of carbonyl (C=O) groups is 1. The Morgan fingerprint density at radius 1 is 1.27 bits per heavy atom. The van der Waals surface area contributed by atoms with Gasteiger partial charge >= 0.3 is 5.97 Å². The Hall–Kier alpha value is -0.540. The van der Waals surface area contributed by atoms with Crippen molar-refractivity contribution in [3.8, 4) is 0 Å². The third-order valence-electron chi connectivity index (χ3n) is 1.09. The molecule has 0 spiro atoms. The zero-order valence-electron chi connectivity index (χ0n) is 5.45. The van der Waals surface area contributed by atoms with Crippen LogP contribution in [0.4, 0.5) is 0 Å². The molecule has 0 unspecified atom stereocenters. The molecule has 60 valence electrons. The fourth-order valence-corrected chi connectivity index (χ4v) is 0.857. The van der Waals surface area contributed by atoms with Crippen molar-refractivity contribution < 1.29 is 9.90 Å². The van der Waals surface area contributed by atoms with Crippen LogP contribution >= 0.6 is 28.3 Å². The number of hydrogen-bond donors (Lipinski definition) is 1. The van der Waals surface area contributed by atoms with E-state index in [4.69, 9.17) is 5.11 Å². The van der Waals surface area contributed by atoms with Gasteiger partial charge in [-0.3, -0.25) is 0 Å². The lowest BCUT2D eigenvalue weighted by atomic mass is 10.2. The molecule has 4 heteroatoms. The first-order valence-electron chi connectivity index (χ1n) is 2.69. The van der Waals surface area contributed by atoms with Crippen LogP contribution in [-0.4, -0.2) is 11.1 Å². The Bertz CT molecular complexity index is 245. The Balaban J connectivity index is 0.000001000. The van der Waals surface area contributed by atoms with E-state index < -0.39 is 5.97 Å². The molecular formula is C7H6BrClO2. The molecule has 0 radical (unpaired) electrons. The monoisotopic (exact) mass is 236 g/mol. The molecule has 1 aromatic carbocycles. The minimum absolute atomic E-state index is 0. The first-order chi connectivity index (χ1) is 4.70. The second-order valence-corrected chi connectivity index (χ2v) is 2.73. The number of hydrogen-bond acceptors (Lipinski definition) is 1. The molecule has 0 aliphatic rings. The summed E-state index contributed by atoms with van der Waals surface area (Å²) in [6, 6.07) is 6.49. The molecule has 0 aliphatic heterocycles. The molecule has 0 fully saturated rings. The van der Waals surface area contributed by atoms with Gasteiger partial charge in [0.15, 0.2) is 0 Å². The Labute approximate surface area is 78.8 Å². The summed E-state index contributed by atoms with van der Waals surface area (Å²) in [5.41, 5.74) is 0.309. The van der Waals surface area contributed by atoms with Crippen molar-refractivity contribution in [1.29, 1.82) is 0 Å². The van der Waals surface area contributed by atoms with Gasteiger partial charge in [0, 0.05) is 4.47 Å². The molecule has 0 saturated carbocycles. The van der Waals surface area contributed by atoms with Crippen molar-refractivity contribution >= 4 is 34.3 Å².